The molecule has 0 radical (unpaired) electrons. The van der Waals surface area contributed by atoms with E-state index in [0.29, 0.717) is 63.8 Å². The smallest absolute Gasteiger partial charge is 0.343 e. The topological polar surface area (TPSA) is 63.2 Å². The summed E-state index contributed by atoms with van der Waals surface area (Å²) in [6.07, 6.45) is 3.03. The van der Waals surface area contributed by atoms with Crippen molar-refractivity contribution in [1.29, 1.82) is 0 Å². The van der Waals surface area contributed by atoms with Crippen LogP contribution in [0.25, 0.3) is 5.57 Å². The number of carbonyl (C=O) groups is 1. The van der Waals surface area contributed by atoms with Crippen LogP contribution in [0.15, 0.2) is 48.2 Å². The Morgan fingerprint density at radius 2 is 1.55 bits per heavy atom. The van der Waals surface area contributed by atoms with Crippen molar-refractivity contribution in [3.8, 4) is 0 Å². The van der Waals surface area contributed by atoms with Crippen molar-refractivity contribution in [2.24, 2.45) is 0 Å². The average Bonchev–Trinajstić information content (AvgIpc) is 3.15. The molecule has 4 rings (SSSR count). The molecule has 0 N–H and O–H groups in total. The lowest BCUT2D eigenvalue weighted by atomic mass is 9.80. The van der Waals surface area contributed by atoms with Gasteiger partial charge in [-0.05, 0) is 68.7 Å². The molecule has 0 bridgehead atoms. The summed E-state index contributed by atoms with van der Waals surface area (Å²) in [6, 6.07) is 14.3. The van der Waals surface area contributed by atoms with E-state index in [-0.39, 0.29) is 12.1 Å². The molecule has 1 aliphatic heterocycles. The van der Waals surface area contributed by atoms with E-state index in [1.165, 1.54) is 5.56 Å². The van der Waals surface area contributed by atoms with Gasteiger partial charge >= 0.3 is 5.97 Å². The number of alkyl halides is 1. The molecular weight excluding hydrogens is 548 g/mol. The van der Waals surface area contributed by atoms with Gasteiger partial charge in [0.2, 0.25) is 0 Å². The Bertz CT molecular complexity index is 1080. The van der Waals surface area contributed by atoms with Gasteiger partial charge in [0.25, 0.3) is 0 Å². The van der Waals surface area contributed by atoms with Crippen LogP contribution in [-0.2, 0) is 35.1 Å². The van der Waals surface area contributed by atoms with Crippen LogP contribution in [-0.4, -0.2) is 56.0 Å². The molecule has 0 amide bonds. The minimum absolute atomic E-state index is 0.106. The van der Waals surface area contributed by atoms with Gasteiger partial charge in [0.05, 0.1) is 39.1 Å². The number of hydrogen-bond acceptors (Lipinski definition) is 6. The Kier molecular flexibility index (Phi) is 10.4. The highest BCUT2D eigenvalue weighted by atomic mass is 79.9. The molecule has 1 spiro atoms. The average molecular weight is 588 g/mol. The van der Waals surface area contributed by atoms with Crippen LogP contribution < -0.4 is 0 Å². The van der Waals surface area contributed by atoms with Gasteiger partial charge in [-0.1, -0.05) is 64.0 Å². The zero-order valence-electron chi connectivity index (χ0n) is 22.7. The number of ether oxygens (including phenoxy) is 5. The predicted octanol–water partition coefficient (Wildman–Crippen LogP) is 6.22. The first kappa shape index (κ1) is 28.8. The first-order valence-corrected chi connectivity index (χ1v) is 14.6. The molecule has 0 aromatic heterocycles. The second kappa shape index (κ2) is 13.7. The summed E-state index contributed by atoms with van der Waals surface area (Å²) in [5, 5.41) is 0.828. The summed E-state index contributed by atoms with van der Waals surface area (Å²) in [5.74, 6) is 0.379. The molecule has 7 heteroatoms. The van der Waals surface area contributed by atoms with Crippen LogP contribution in [0, 0.1) is 20.8 Å². The van der Waals surface area contributed by atoms with Crippen molar-refractivity contribution in [2.45, 2.75) is 64.8 Å². The van der Waals surface area contributed by atoms with Crippen LogP contribution >= 0.6 is 15.9 Å². The molecule has 0 unspecified atom stereocenters. The summed E-state index contributed by atoms with van der Waals surface area (Å²) in [7, 11) is 0. The van der Waals surface area contributed by atoms with Crippen molar-refractivity contribution in [3.05, 3.63) is 76.0 Å². The SMILES string of the molecule is Cc1cc(C)c(C2=C(OCc3ccccc3)C3(CCC(OCCOCCOCCBr)CC3)OC2=O)c(C)c1. The predicted molar refractivity (Wildman–Crippen MR) is 151 cm³/mol. The number of rotatable bonds is 13. The molecule has 6 nitrogen and oxygen atoms in total. The first-order chi connectivity index (χ1) is 18.4. The van der Waals surface area contributed by atoms with Crippen molar-refractivity contribution >= 4 is 27.5 Å². The highest BCUT2D eigenvalue weighted by Gasteiger charge is 2.52. The Morgan fingerprint density at radius 3 is 2.21 bits per heavy atom. The maximum absolute atomic E-state index is 13.5. The van der Waals surface area contributed by atoms with Gasteiger partial charge in [-0.15, -0.1) is 0 Å². The number of aryl methyl sites for hydroxylation is 3. The minimum atomic E-state index is -0.756. The third kappa shape index (κ3) is 7.06. The lowest BCUT2D eigenvalue weighted by Gasteiger charge is -2.37. The van der Waals surface area contributed by atoms with Crippen molar-refractivity contribution < 1.29 is 28.5 Å². The maximum atomic E-state index is 13.5. The van der Waals surface area contributed by atoms with Crippen LogP contribution in [0.3, 0.4) is 0 Å². The molecule has 0 saturated heterocycles. The molecule has 38 heavy (non-hydrogen) atoms. The quantitative estimate of drug-likeness (QED) is 0.158. The highest BCUT2D eigenvalue weighted by Crippen LogP contribution is 2.48. The van der Waals surface area contributed by atoms with Crippen LogP contribution in [0.2, 0.25) is 0 Å². The second-order valence-corrected chi connectivity index (χ2v) is 10.9. The monoisotopic (exact) mass is 586 g/mol. The van der Waals surface area contributed by atoms with Gasteiger partial charge in [0.1, 0.15) is 12.2 Å². The van der Waals surface area contributed by atoms with Gasteiger partial charge < -0.3 is 23.7 Å². The van der Waals surface area contributed by atoms with Gasteiger partial charge in [-0.25, -0.2) is 4.79 Å². The van der Waals surface area contributed by atoms with E-state index < -0.39 is 5.60 Å². The molecule has 0 atom stereocenters. The molecule has 2 aliphatic rings. The molecule has 1 saturated carbocycles. The molecule has 1 aliphatic carbocycles. The fourth-order valence-corrected chi connectivity index (χ4v) is 5.75. The van der Waals surface area contributed by atoms with Crippen LogP contribution in [0.4, 0.5) is 0 Å². The first-order valence-electron chi connectivity index (χ1n) is 13.5. The molecule has 2 aromatic carbocycles. The van der Waals surface area contributed by atoms with E-state index in [0.717, 1.165) is 40.4 Å². The lowest BCUT2D eigenvalue weighted by molar-refractivity contribution is -0.154. The normalized spacial score (nSPS) is 21.3. The van der Waals surface area contributed by atoms with Gasteiger partial charge in [-0.3, -0.25) is 0 Å². The van der Waals surface area contributed by atoms with Crippen molar-refractivity contribution in [1.82, 2.24) is 0 Å². The van der Waals surface area contributed by atoms with Crippen molar-refractivity contribution in [3.63, 3.8) is 0 Å². The number of hydrogen-bond donors (Lipinski definition) is 0. The molecule has 1 fully saturated rings. The molecular formula is C31H39BrO6. The Morgan fingerprint density at radius 1 is 0.921 bits per heavy atom. The fraction of sp³-hybridized carbons (Fsp3) is 0.516. The van der Waals surface area contributed by atoms with Gasteiger partial charge in [0.15, 0.2) is 11.4 Å². The second-order valence-electron chi connectivity index (χ2n) is 10.1. The van der Waals surface area contributed by atoms with E-state index in [1.807, 2.05) is 30.3 Å². The summed E-state index contributed by atoms with van der Waals surface area (Å²) in [6.45, 7) is 9.47. The number of benzene rings is 2. The number of halogens is 1. The third-order valence-electron chi connectivity index (χ3n) is 7.20. The van der Waals surface area contributed by atoms with Crippen molar-refractivity contribution in [2.75, 3.05) is 38.4 Å². The summed E-state index contributed by atoms with van der Waals surface area (Å²) in [5.41, 5.74) is 5.09. The van der Waals surface area contributed by atoms with Gasteiger partial charge in [0, 0.05) is 5.33 Å². The van der Waals surface area contributed by atoms with Crippen LogP contribution in [0.1, 0.15) is 53.5 Å². The molecule has 1 heterocycles. The molecule has 206 valence electrons. The van der Waals surface area contributed by atoms with Crippen LogP contribution in [0.5, 0.6) is 0 Å². The fourth-order valence-electron chi connectivity index (χ4n) is 5.52. The van der Waals surface area contributed by atoms with E-state index in [9.17, 15) is 4.79 Å². The summed E-state index contributed by atoms with van der Waals surface area (Å²) < 4.78 is 29.8. The van der Waals surface area contributed by atoms with E-state index in [4.69, 9.17) is 23.7 Å². The van der Waals surface area contributed by atoms with Gasteiger partial charge in [-0.2, -0.15) is 0 Å². The summed E-state index contributed by atoms with van der Waals surface area (Å²) >= 11 is 3.34. The standard InChI is InChI=1S/C31H39BrO6/c1-22-19-23(2)27(24(3)20-22)28-29(37-21-25-7-5-4-6-8-25)31(38-30(28)33)11-9-26(10-12-31)36-18-17-35-16-15-34-14-13-32/h4-8,19-20,26H,9-18,21H2,1-3H3. The Labute approximate surface area is 234 Å². The Hall–Kier alpha value is -2.19. The summed E-state index contributed by atoms with van der Waals surface area (Å²) in [4.78, 5) is 13.5. The van der Waals surface area contributed by atoms with E-state index >= 15 is 0 Å². The highest BCUT2D eigenvalue weighted by molar-refractivity contribution is 9.09. The van der Waals surface area contributed by atoms with E-state index in [1.54, 1.807) is 0 Å². The zero-order chi connectivity index (χ0) is 27.0. The number of esters is 1. The van der Waals surface area contributed by atoms with E-state index in [2.05, 4.69) is 48.8 Å². The molecule has 2 aromatic rings. The maximum Gasteiger partial charge on any atom is 0.343 e. The Balaban J connectivity index is 1.46. The zero-order valence-corrected chi connectivity index (χ0v) is 24.3. The third-order valence-corrected chi connectivity index (χ3v) is 7.52. The minimum Gasteiger partial charge on any atom is -0.488 e. The lowest BCUT2D eigenvalue weighted by Crippen LogP contribution is -2.40. The largest absolute Gasteiger partial charge is 0.488 e. The number of carbonyl (C=O) groups excluding carboxylic acids is 1.